The number of sulfonamides is 1. The molecular weight excluding hydrogens is 376 g/mol. The van der Waals surface area contributed by atoms with E-state index in [4.69, 9.17) is 11.6 Å². The summed E-state index contributed by atoms with van der Waals surface area (Å²) in [5, 5.41) is 2.95. The lowest BCUT2D eigenvalue weighted by molar-refractivity contribution is -0.116. The summed E-state index contributed by atoms with van der Waals surface area (Å²) in [7, 11) is -3.71. The highest BCUT2D eigenvalue weighted by Crippen LogP contribution is 2.29. The first-order valence-electron chi connectivity index (χ1n) is 7.93. The van der Waals surface area contributed by atoms with Gasteiger partial charge in [-0.1, -0.05) is 23.7 Å². The van der Waals surface area contributed by atoms with Crippen LogP contribution in [-0.4, -0.2) is 26.0 Å². The van der Waals surface area contributed by atoms with E-state index < -0.39 is 21.8 Å². The SMILES string of the molecule is Cc1ccc(C)c(NC(=O)c2cc(N3C(=O)CCS3(=O)=O)ccc2Cl)c1. The van der Waals surface area contributed by atoms with Crippen LogP contribution < -0.4 is 9.62 Å². The van der Waals surface area contributed by atoms with E-state index in [1.165, 1.54) is 18.2 Å². The van der Waals surface area contributed by atoms with Crippen molar-refractivity contribution < 1.29 is 18.0 Å². The Morgan fingerprint density at radius 3 is 2.54 bits per heavy atom. The molecule has 0 spiro atoms. The van der Waals surface area contributed by atoms with Crippen molar-refractivity contribution in [2.24, 2.45) is 0 Å². The van der Waals surface area contributed by atoms with Gasteiger partial charge in [-0.25, -0.2) is 12.7 Å². The summed E-state index contributed by atoms with van der Waals surface area (Å²) in [4.78, 5) is 24.6. The number of aryl methyl sites for hydroxylation is 2. The van der Waals surface area contributed by atoms with Gasteiger partial charge < -0.3 is 5.32 Å². The molecule has 0 bridgehead atoms. The molecule has 0 unspecified atom stereocenters. The molecule has 0 aliphatic carbocycles. The van der Waals surface area contributed by atoms with Gasteiger partial charge in [0.1, 0.15) is 0 Å². The molecular formula is C18H17ClN2O4S. The fourth-order valence-corrected chi connectivity index (χ4v) is 4.40. The summed E-state index contributed by atoms with van der Waals surface area (Å²) in [5.74, 6) is -1.24. The number of halogens is 1. The van der Waals surface area contributed by atoms with E-state index in [2.05, 4.69) is 5.32 Å². The van der Waals surface area contributed by atoms with Crippen LogP contribution in [-0.2, 0) is 14.8 Å². The zero-order valence-electron chi connectivity index (χ0n) is 14.2. The Morgan fingerprint density at radius 2 is 1.88 bits per heavy atom. The van der Waals surface area contributed by atoms with Crippen molar-refractivity contribution in [3.63, 3.8) is 0 Å². The smallest absolute Gasteiger partial charge is 0.257 e. The van der Waals surface area contributed by atoms with E-state index >= 15 is 0 Å². The van der Waals surface area contributed by atoms with Crippen LogP contribution in [0.4, 0.5) is 11.4 Å². The third-order valence-electron chi connectivity index (χ3n) is 4.15. The minimum atomic E-state index is -3.71. The molecule has 2 amide bonds. The monoisotopic (exact) mass is 392 g/mol. The van der Waals surface area contributed by atoms with Crippen molar-refractivity contribution in [2.75, 3.05) is 15.4 Å². The van der Waals surface area contributed by atoms with Gasteiger partial charge in [0.25, 0.3) is 5.91 Å². The molecule has 8 heteroatoms. The maximum Gasteiger partial charge on any atom is 0.257 e. The molecule has 1 saturated heterocycles. The minimum Gasteiger partial charge on any atom is -0.322 e. The average molecular weight is 393 g/mol. The van der Waals surface area contributed by atoms with Crippen LogP contribution in [0.2, 0.25) is 5.02 Å². The molecule has 136 valence electrons. The van der Waals surface area contributed by atoms with Crippen molar-refractivity contribution in [1.29, 1.82) is 0 Å². The largest absolute Gasteiger partial charge is 0.322 e. The Balaban J connectivity index is 1.96. The maximum absolute atomic E-state index is 12.7. The lowest BCUT2D eigenvalue weighted by atomic mass is 10.1. The molecule has 2 aromatic carbocycles. The van der Waals surface area contributed by atoms with Crippen molar-refractivity contribution in [1.82, 2.24) is 0 Å². The Kier molecular flexibility index (Phi) is 4.77. The Labute approximate surface area is 156 Å². The summed E-state index contributed by atoms with van der Waals surface area (Å²) >= 11 is 6.13. The summed E-state index contributed by atoms with van der Waals surface area (Å²) < 4.78 is 24.9. The first kappa shape index (κ1) is 18.4. The second kappa shape index (κ2) is 6.74. The summed E-state index contributed by atoms with van der Waals surface area (Å²) in [6.45, 7) is 3.77. The molecule has 1 fully saturated rings. The number of benzene rings is 2. The van der Waals surface area contributed by atoms with Crippen LogP contribution in [0.1, 0.15) is 27.9 Å². The van der Waals surface area contributed by atoms with Crippen molar-refractivity contribution in [3.8, 4) is 0 Å². The van der Waals surface area contributed by atoms with Gasteiger partial charge in [-0.3, -0.25) is 9.59 Å². The second-order valence-corrected chi connectivity index (χ2v) is 8.51. The lowest BCUT2D eigenvalue weighted by Gasteiger charge is -2.17. The third kappa shape index (κ3) is 3.45. The van der Waals surface area contributed by atoms with Gasteiger partial charge in [-0.15, -0.1) is 0 Å². The Bertz CT molecular complexity index is 1020. The van der Waals surface area contributed by atoms with Gasteiger partial charge >= 0.3 is 0 Å². The lowest BCUT2D eigenvalue weighted by Crippen LogP contribution is -2.29. The van der Waals surface area contributed by atoms with Gasteiger partial charge in [0.2, 0.25) is 15.9 Å². The van der Waals surface area contributed by atoms with Crippen LogP contribution in [0.25, 0.3) is 0 Å². The second-order valence-electron chi connectivity index (χ2n) is 6.16. The van der Waals surface area contributed by atoms with Gasteiger partial charge in [0, 0.05) is 12.1 Å². The number of carbonyl (C=O) groups excluding carboxylic acids is 2. The van der Waals surface area contributed by atoms with Crippen LogP contribution in [0, 0.1) is 13.8 Å². The molecule has 1 aliphatic rings. The normalized spacial score (nSPS) is 16.0. The standard InChI is InChI=1S/C18H17ClN2O4S/c1-11-3-4-12(2)16(9-11)20-18(23)14-10-13(5-6-15(14)19)21-17(22)7-8-26(21,24)25/h3-6,9-10H,7-8H2,1-2H3,(H,20,23). The van der Waals surface area contributed by atoms with Crippen molar-refractivity contribution >= 4 is 44.8 Å². The predicted molar refractivity (Wildman–Crippen MR) is 101 cm³/mol. The van der Waals surface area contributed by atoms with Gasteiger partial charge in [-0.05, 0) is 49.2 Å². The first-order valence-corrected chi connectivity index (χ1v) is 9.92. The predicted octanol–water partition coefficient (Wildman–Crippen LogP) is 3.28. The minimum absolute atomic E-state index is 0.0744. The first-order chi connectivity index (χ1) is 12.2. The molecule has 1 N–H and O–H groups in total. The van der Waals surface area contributed by atoms with Crippen LogP contribution in [0.3, 0.4) is 0 Å². The highest BCUT2D eigenvalue weighted by Gasteiger charge is 2.36. The molecule has 3 rings (SSSR count). The molecule has 0 saturated carbocycles. The van der Waals surface area contributed by atoms with Gasteiger partial charge in [0.05, 0.1) is 22.0 Å². The van der Waals surface area contributed by atoms with E-state index in [1.54, 1.807) is 0 Å². The number of hydrogen-bond acceptors (Lipinski definition) is 4. The Hall–Kier alpha value is -2.38. The summed E-state index contributed by atoms with van der Waals surface area (Å²) in [5.41, 5.74) is 2.72. The zero-order valence-corrected chi connectivity index (χ0v) is 15.8. The quantitative estimate of drug-likeness (QED) is 0.868. The highest BCUT2D eigenvalue weighted by molar-refractivity contribution is 7.94. The fraction of sp³-hybridized carbons (Fsp3) is 0.222. The van der Waals surface area contributed by atoms with E-state index in [0.29, 0.717) is 5.69 Å². The van der Waals surface area contributed by atoms with Crippen molar-refractivity contribution in [2.45, 2.75) is 20.3 Å². The number of rotatable bonds is 3. The molecule has 0 aromatic heterocycles. The molecule has 1 heterocycles. The molecule has 2 aromatic rings. The Morgan fingerprint density at radius 1 is 1.15 bits per heavy atom. The van der Waals surface area contributed by atoms with E-state index in [9.17, 15) is 18.0 Å². The zero-order chi connectivity index (χ0) is 19.1. The fourth-order valence-electron chi connectivity index (χ4n) is 2.74. The molecule has 0 atom stereocenters. The number of carbonyl (C=O) groups is 2. The molecule has 0 radical (unpaired) electrons. The highest BCUT2D eigenvalue weighted by atomic mass is 35.5. The third-order valence-corrected chi connectivity index (χ3v) is 6.17. The van der Waals surface area contributed by atoms with Gasteiger partial charge in [0.15, 0.2) is 0 Å². The molecule has 6 nitrogen and oxygen atoms in total. The number of hydrogen-bond donors (Lipinski definition) is 1. The van der Waals surface area contributed by atoms with E-state index in [1.807, 2.05) is 32.0 Å². The van der Waals surface area contributed by atoms with E-state index in [-0.39, 0.29) is 28.4 Å². The maximum atomic E-state index is 12.7. The number of amides is 2. The number of nitrogens with one attached hydrogen (secondary N) is 1. The number of anilines is 2. The molecule has 26 heavy (non-hydrogen) atoms. The van der Waals surface area contributed by atoms with Crippen molar-refractivity contribution in [3.05, 3.63) is 58.1 Å². The van der Waals surface area contributed by atoms with Gasteiger partial charge in [-0.2, -0.15) is 0 Å². The van der Waals surface area contributed by atoms with Crippen LogP contribution >= 0.6 is 11.6 Å². The molecule has 1 aliphatic heterocycles. The number of nitrogens with zero attached hydrogens (tertiary/aromatic N) is 1. The summed E-state index contributed by atoms with van der Waals surface area (Å²) in [6, 6.07) is 9.80. The van der Waals surface area contributed by atoms with Crippen LogP contribution in [0.15, 0.2) is 36.4 Å². The topological polar surface area (TPSA) is 83.6 Å². The average Bonchev–Trinajstić information content (AvgIpc) is 2.85. The summed E-state index contributed by atoms with van der Waals surface area (Å²) in [6.07, 6.45) is -0.0744. The van der Waals surface area contributed by atoms with Crippen LogP contribution in [0.5, 0.6) is 0 Å². The van der Waals surface area contributed by atoms with E-state index in [0.717, 1.165) is 15.4 Å².